The van der Waals surface area contributed by atoms with E-state index in [0.717, 1.165) is 111 Å². The Morgan fingerprint density at radius 2 is 0.369 bits per heavy atom. The lowest BCUT2D eigenvalue weighted by molar-refractivity contribution is 1.08. The molecule has 0 atom stereocenters. The van der Waals surface area contributed by atoms with Gasteiger partial charge in [0, 0.05) is 111 Å². The number of rotatable bonds is 15. The van der Waals surface area contributed by atoms with Crippen molar-refractivity contribution in [1.82, 2.24) is 44.9 Å². The molecule has 27 rings (SSSR count). The van der Waals surface area contributed by atoms with Crippen molar-refractivity contribution in [2.75, 3.05) is 0 Å². The van der Waals surface area contributed by atoms with Crippen LogP contribution < -0.4 is 0 Å². The summed E-state index contributed by atoms with van der Waals surface area (Å²) >= 11 is 5.36. The molecule has 6 aromatic heterocycles. The van der Waals surface area contributed by atoms with Gasteiger partial charge in [-0.2, -0.15) is 0 Å². The molecule has 0 N–H and O–H groups in total. The van der Waals surface area contributed by atoms with Crippen molar-refractivity contribution in [2.24, 2.45) is 0 Å². The first-order chi connectivity index (χ1) is 69.9. The summed E-state index contributed by atoms with van der Waals surface area (Å²) in [4.78, 5) is 46.7. The highest BCUT2D eigenvalue weighted by Gasteiger charge is 2.25. The molecule has 0 radical (unpaired) electrons. The zero-order valence-corrected chi connectivity index (χ0v) is 78.5. The molecule has 0 saturated heterocycles. The number of fused-ring (bicyclic) bond motifs is 13. The van der Waals surface area contributed by atoms with E-state index in [-0.39, 0.29) is 0 Å². The highest BCUT2D eigenvalue weighted by Crippen LogP contribution is 2.47. The molecule has 21 aromatic carbocycles. The highest BCUT2D eigenvalue weighted by atomic mass is 32.1. The van der Waals surface area contributed by atoms with Crippen LogP contribution in [0, 0.1) is 0 Å². The summed E-state index contributed by atoms with van der Waals surface area (Å²) in [7, 11) is 0. The molecular weight excluding hydrogens is 1770 g/mol. The molecule has 141 heavy (non-hydrogen) atoms. The summed E-state index contributed by atoms with van der Waals surface area (Å²) in [6.45, 7) is 0. The van der Waals surface area contributed by atoms with Crippen LogP contribution in [0.15, 0.2) is 491 Å². The molecule has 0 aliphatic carbocycles. The minimum absolute atomic E-state index is 0.642. The second-order valence-corrected chi connectivity index (χ2v) is 38.0. The summed E-state index contributed by atoms with van der Waals surface area (Å²) < 4.78 is 7.29. The van der Waals surface area contributed by atoms with Crippen LogP contribution in [0.2, 0.25) is 0 Å². The maximum Gasteiger partial charge on any atom is 0.165 e. The number of nitrogens with zero attached hydrogens (tertiary/aromatic N) is 9. The minimum Gasteiger partial charge on any atom is -0.208 e. The van der Waals surface area contributed by atoms with E-state index in [2.05, 4.69) is 461 Å². The molecule has 27 aromatic rings. The number of hydrogen-bond donors (Lipinski definition) is 0. The van der Waals surface area contributed by atoms with E-state index in [1.165, 1.54) is 98.4 Å². The van der Waals surface area contributed by atoms with E-state index in [0.29, 0.717) is 52.4 Å². The molecule has 0 bridgehead atoms. The fraction of sp³-hybridized carbons (Fsp3) is 0. The van der Waals surface area contributed by atoms with Gasteiger partial charge in [0.1, 0.15) is 0 Å². The molecule has 0 aliphatic rings. The predicted octanol–water partition coefficient (Wildman–Crippen LogP) is 35.2. The Morgan fingerprint density at radius 3 is 0.780 bits per heavy atom. The monoisotopic (exact) mass is 1850 g/mol. The SMILES string of the molecule is c1ccc(-c2cccc(-c3nc(-c4ccccc4-c4ccccc4)nc(-c4cccc5c4sc4ccccc45)n3)c2)cc1.c1ccc(-c2ccccc2-c2nc(-c3cccc(-c4cc5ccccc5c5ccccc45)c3)nc(-c3cccc4c3sc3ccccc34)n2)cc1.c1ccc(-c2ccccc2-c2nc(-c3cccc(-c4ccc5ccccc5c4)c3)nc(-c3cccc4c3sc3ccccc34)n2)cc1. The lowest BCUT2D eigenvalue weighted by Gasteiger charge is -2.14. The summed E-state index contributed by atoms with van der Waals surface area (Å²) in [6.07, 6.45) is 0. The Bertz CT molecular complexity index is 9470. The topological polar surface area (TPSA) is 116 Å². The van der Waals surface area contributed by atoms with Gasteiger partial charge in [-0.1, -0.05) is 425 Å². The van der Waals surface area contributed by atoms with Gasteiger partial charge in [0.15, 0.2) is 52.4 Å². The lowest BCUT2D eigenvalue weighted by atomic mass is 9.92. The third-order valence-corrected chi connectivity index (χ3v) is 29.9. The summed E-state index contributed by atoms with van der Waals surface area (Å²) in [5, 5.41) is 14.8. The van der Waals surface area contributed by atoms with Gasteiger partial charge in [-0.25, -0.2) is 44.9 Å². The normalized spacial score (nSPS) is 11.4. The van der Waals surface area contributed by atoms with Crippen molar-refractivity contribution >= 4 is 127 Å². The summed E-state index contributed by atoms with van der Waals surface area (Å²) in [5.41, 5.74) is 22.3. The highest BCUT2D eigenvalue weighted by molar-refractivity contribution is 7.27. The van der Waals surface area contributed by atoms with Crippen LogP contribution >= 0.6 is 34.0 Å². The van der Waals surface area contributed by atoms with Gasteiger partial charge in [0.05, 0.1) is 0 Å². The molecule has 0 aliphatic heterocycles. The van der Waals surface area contributed by atoms with Crippen LogP contribution in [0.25, 0.3) is 262 Å². The fourth-order valence-electron chi connectivity index (χ4n) is 19.4. The minimum atomic E-state index is 0.642. The summed E-state index contributed by atoms with van der Waals surface area (Å²) in [6, 6.07) is 172. The molecule has 0 saturated carbocycles. The van der Waals surface area contributed by atoms with Gasteiger partial charge in [-0.3, -0.25) is 0 Å². The van der Waals surface area contributed by atoms with E-state index < -0.39 is 0 Å². The molecule has 0 spiro atoms. The Kier molecular flexibility index (Phi) is 22.4. The van der Waals surface area contributed by atoms with Crippen LogP contribution in [0.3, 0.4) is 0 Å². The van der Waals surface area contributed by atoms with E-state index in [1.54, 1.807) is 34.0 Å². The fourth-order valence-corrected chi connectivity index (χ4v) is 23.1. The number of thiophene rings is 3. The third-order valence-electron chi connectivity index (χ3n) is 26.2. The van der Waals surface area contributed by atoms with E-state index in [1.807, 2.05) is 30.3 Å². The largest absolute Gasteiger partial charge is 0.208 e. The van der Waals surface area contributed by atoms with Gasteiger partial charge in [-0.15, -0.1) is 34.0 Å². The second-order valence-electron chi connectivity index (χ2n) is 34.9. The van der Waals surface area contributed by atoms with Crippen LogP contribution in [0.1, 0.15) is 0 Å². The quantitative estimate of drug-likeness (QED) is 0.0925. The first-order valence-electron chi connectivity index (χ1n) is 47.1. The van der Waals surface area contributed by atoms with Crippen molar-refractivity contribution in [3.63, 3.8) is 0 Å². The first kappa shape index (κ1) is 84.8. The molecule has 6 heterocycles. The molecule has 0 amide bonds. The average molecular weight is 1850 g/mol. The number of hydrogen-bond acceptors (Lipinski definition) is 12. The molecule has 660 valence electrons. The molecule has 12 heteroatoms. The number of benzene rings is 21. The average Bonchev–Trinajstić information content (AvgIpc) is 1.63. The first-order valence-corrected chi connectivity index (χ1v) is 49.5. The van der Waals surface area contributed by atoms with Crippen LogP contribution in [0.5, 0.6) is 0 Å². The van der Waals surface area contributed by atoms with Gasteiger partial charge in [0.25, 0.3) is 0 Å². The Morgan fingerprint density at radius 1 is 0.113 bits per heavy atom. The summed E-state index contributed by atoms with van der Waals surface area (Å²) in [5.74, 6) is 5.90. The van der Waals surface area contributed by atoms with Crippen LogP contribution in [-0.4, -0.2) is 44.9 Å². The Labute approximate surface area is 825 Å². The Balaban J connectivity index is 0.000000112. The molecule has 0 unspecified atom stereocenters. The second kappa shape index (κ2) is 37.3. The lowest BCUT2D eigenvalue weighted by Crippen LogP contribution is -2.01. The van der Waals surface area contributed by atoms with E-state index >= 15 is 0 Å². The molecule has 9 nitrogen and oxygen atoms in total. The number of aromatic nitrogens is 9. The van der Waals surface area contributed by atoms with Crippen molar-refractivity contribution in [1.29, 1.82) is 0 Å². The van der Waals surface area contributed by atoms with E-state index in [4.69, 9.17) is 44.9 Å². The van der Waals surface area contributed by atoms with Crippen molar-refractivity contribution in [3.8, 4) is 169 Å². The van der Waals surface area contributed by atoms with Gasteiger partial charge >= 0.3 is 0 Å². The van der Waals surface area contributed by atoms with Crippen molar-refractivity contribution < 1.29 is 0 Å². The molecular formula is C129H81N9S3. The maximum absolute atomic E-state index is 5.25. The maximum atomic E-state index is 5.25. The van der Waals surface area contributed by atoms with Gasteiger partial charge in [0.2, 0.25) is 0 Å². The van der Waals surface area contributed by atoms with Gasteiger partial charge < -0.3 is 0 Å². The van der Waals surface area contributed by atoms with Crippen molar-refractivity contribution in [3.05, 3.63) is 491 Å². The standard InChI is InChI=1S/C47H29N3S.C43H27N3S.C39H25N3S/c1-2-14-30(15-3-1)34-19-6-9-24-40(34)46-48-45(49-47(50-46)41-26-13-25-39-38-23-10-11-27-43(38)51-44(39)41)33-18-12-17-31(28-33)42-29-32-16-4-5-20-35(32)36-21-7-8-22-37(36)42;1-2-13-29(14-3-1)34-18-6-7-20-37(34)42-44-41(33-17-10-16-31(27-33)32-25-24-28-12-4-5-15-30(28)26-32)45-43(46-42)38-22-11-21-36-35-19-8-9-23-39(35)47-40(36)38;1-3-13-26(14-4-1)28-17-11-18-29(25-28)37-40-38(33-21-8-7-19-30(33)27-15-5-2-6-16-27)42-39(41-37)34-23-12-22-32-31-20-9-10-24-35(31)43-36(32)34/h1-29H;1-27H;1-25H. The van der Waals surface area contributed by atoms with E-state index in [9.17, 15) is 0 Å². The third kappa shape index (κ3) is 16.6. The zero-order valence-electron chi connectivity index (χ0n) is 76.0. The van der Waals surface area contributed by atoms with Gasteiger partial charge in [-0.05, 0) is 166 Å². The molecule has 0 fully saturated rings. The Hall–Kier alpha value is -17.9. The van der Waals surface area contributed by atoms with Crippen LogP contribution in [-0.2, 0) is 0 Å². The zero-order chi connectivity index (χ0) is 93.5. The smallest absolute Gasteiger partial charge is 0.165 e. The van der Waals surface area contributed by atoms with Crippen molar-refractivity contribution in [2.45, 2.75) is 0 Å². The predicted molar refractivity (Wildman–Crippen MR) is 592 cm³/mol. The van der Waals surface area contributed by atoms with Crippen LogP contribution in [0.4, 0.5) is 0 Å².